The fraction of sp³-hybridized carbons (Fsp3) is 0.467. The third-order valence-corrected chi connectivity index (χ3v) is 3.57. The first-order valence-electron chi connectivity index (χ1n) is 6.42. The number of thioether (sulfide) groups is 1. The van der Waals surface area contributed by atoms with Gasteiger partial charge >= 0.3 is 5.97 Å². The maximum absolute atomic E-state index is 11.6. The Morgan fingerprint density at radius 1 is 1.20 bits per heavy atom. The van der Waals surface area contributed by atoms with Crippen LogP contribution in [0.5, 0.6) is 0 Å². The van der Waals surface area contributed by atoms with E-state index in [1.54, 1.807) is 0 Å². The van der Waals surface area contributed by atoms with E-state index >= 15 is 0 Å². The SMILES string of the molecule is Cc1ccc(NC(=O)COC(=O)CSC(C)(C)C)cc1. The number of nitrogens with one attached hydrogen (secondary N) is 1. The molecule has 0 unspecified atom stereocenters. The topological polar surface area (TPSA) is 55.4 Å². The van der Waals surface area contributed by atoms with Crippen LogP contribution in [0, 0.1) is 6.92 Å². The second-order valence-electron chi connectivity index (χ2n) is 5.48. The zero-order valence-electron chi connectivity index (χ0n) is 12.4. The van der Waals surface area contributed by atoms with Crippen LogP contribution in [-0.4, -0.2) is 29.0 Å². The van der Waals surface area contributed by atoms with E-state index < -0.39 is 0 Å². The Hall–Kier alpha value is -1.49. The van der Waals surface area contributed by atoms with E-state index in [-0.39, 0.29) is 29.0 Å². The molecule has 0 bridgehead atoms. The van der Waals surface area contributed by atoms with Gasteiger partial charge in [0, 0.05) is 10.4 Å². The summed E-state index contributed by atoms with van der Waals surface area (Å²) in [4.78, 5) is 23.1. The van der Waals surface area contributed by atoms with Crippen LogP contribution >= 0.6 is 11.8 Å². The molecule has 5 heteroatoms. The third-order valence-electron chi connectivity index (χ3n) is 2.32. The number of ether oxygens (including phenoxy) is 1. The highest BCUT2D eigenvalue weighted by Crippen LogP contribution is 2.22. The van der Waals surface area contributed by atoms with Crippen molar-refractivity contribution in [3.05, 3.63) is 29.8 Å². The molecule has 1 amide bonds. The molecule has 1 aromatic carbocycles. The van der Waals surface area contributed by atoms with Gasteiger partial charge in [-0.25, -0.2) is 0 Å². The molecule has 0 radical (unpaired) electrons. The Kier molecular flexibility index (Phi) is 6.07. The largest absolute Gasteiger partial charge is 0.455 e. The average Bonchev–Trinajstić information content (AvgIpc) is 2.36. The van der Waals surface area contributed by atoms with Gasteiger partial charge in [0.05, 0.1) is 5.75 Å². The molecule has 0 aliphatic heterocycles. The number of anilines is 1. The lowest BCUT2D eigenvalue weighted by molar-refractivity contribution is -0.144. The first-order valence-corrected chi connectivity index (χ1v) is 7.41. The summed E-state index contributed by atoms with van der Waals surface area (Å²) in [6.07, 6.45) is 0. The van der Waals surface area contributed by atoms with Crippen LogP contribution in [0.2, 0.25) is 0 Å². The van der Waals surface area contributed by atoms with Gasteiger partial charge in [0.1, 0.15) is 0 Å². The number of benzene rings is 1. The normalized spacial score (nSPS) is 11.0. The number of hydrogen-bond acceptors (Lipinski definition) is 4. The summed E-state index contributed by atoms with van der Waals surface area (Å²) in [5.74, 6) is -0.451. The second kappa shape index (κ2) is 7.33. The van der Waals surface area contributed by atoms with Gasteiger partial charge in [-0.1, -0.05) is 38.5 Å². The molecule has 110 valence electrons. The van der Waals surface area contributed by atoms with Gasteiger partial charge in [-0.2, -0.15) is 0 Å². The quantitative estimate of drug-likeness (QED) is 0.848. The summed E-state index contributed by atoms with van der Waals surface area (Å²) in [7, 11) is 0. The predicted octanol–water partition coefficient (Wildman–Crippen LogP) is 3.01. The molecule has 0 saturated carbocycles. The number of rotatable bonds is 5. The predicted molar refractivity (Wildman–Crippen MR) is 83.0 cm³/mol. The zero-order chi connectivity index (χ0) is 15.2. The van der Waals surface area contributed by atoms with Gasteiger partial charge in [0.25, 0.3) is 5.91 Å². The van der Waals surface area contributed by atoms with E-state index in [1.807, 2.05) is 52.0 Å². The molecular weight excluding hydrogens is 274 g/mol. The number of carbonyl (C=O) groups excluding carboxylic acids is 2. The molecule has 1 N–H and O–H groups in total. The minimum absolute atomic E-state index is 0.00315. The van der Waals surface area contributed by atoms with Gasteiger partial charge in [0.15, 0.2) is 6.61 Å². The summed E-state index contributed by atoms with van der Waals surface area (Å²) in [5.41, 5.74) is 1.81. The molecule has 0 saturated heterocycles. The van der Waals surface area contributed by atoms with Crippen molar-refractivity contribution in [2.24, 2.45) is 0 Å². The van der Waals surface area contributed by atoms with Crippen LogP contribution in [-0.2, 0) is 14.3 Å². The van der Waals surface area contributed by atoms with Crippen LogP contribution in [0.4, 0.5) is 5.69 Å². The fourth-order valence-corrected chi connectivity index (χ4v) is 1.93. The molecule has 4 nitrogen and oxygen atoms in total. The van der Waals surface area contributed by atoms with E-state index in [4.69, 9.17) is 4.74 Å². The van der Waals surface area contributed by atoms with E-state index in [0.29, 0.717) is 5.69 Å². The monoisotopic (exact) mass is 295 g/mol. The summed E-state index contributed by atoms with van der Waals surface area (Å²) in [6, 6.07) is 7.43. The lowest BCUT2D eigenvalue weighted by Crippen LogP contribution is -2.22. The molecular formula is C15H21NO3S. The molecule has 0 atom stereocenters. The molecule has 0 aliphatic carbocycles. The van der Waals surface area contributed by atoms with Crippen molar-refractivity contribution in [3.8, 4) is 0 Å². The minimum Gasteiger partial charge on any atom is -0.455 e. The van der Waals surface area contributed by atoms with E-state index in [1.165, 1.54) is 11.8 Å². The van der Waals surface area contributed by atoms with Gasteiger partial charge in [-0.3, -0.25) is 9.59 Å². The Morgan fingerprint density at radius 3 is 2.35 bits per heavy atom. The Balaban J connectivity index is 2.29. The van der Waals surface area contributed by atoms with E-state index in [2.05, 4.69) is 5.32 Å². The number of carbonyl (C=O) groups is 2. The van der Waals surface area contributed by atoms with Crippen molar-refractivity contribution in [1.82, 2.24) is 0 Å². The number of hydrogen-bond donors (Lipinski definition) is 1. The Labute approximate surface area is 124 Å². The molecule has 0 aromatic heterocycles. The molecule has 0 spiro atoms. The van der Waals surface area contributed by atoms with Crippen LogP contribution < -0.4 is 5.32 Å². The Bertz CT molecular complexity index is 463. The fourth-order valence-electron chi connectivity index (χ4n) is 1.30. The third kappa shape index (κ3) is 7.19. The lowest BCUT2D eigenvalue weighted by atomic mass is 10.2. The second-order valence-corrected chi connectivity index (χ2v) is 7.28. The number of amides is 1. The highest BCUT2D eigenvalue weighted by atomic mass is 32.2. The van der Waals surface area contributed by atoms with Crippen molar-refractivity contribution in [3.63, 3.8) is 0 Å². The first kappa shape index (κ1) is 16.6. The maximum atomic E-state index is 11.6. The van der Waals surface area contributed by atoms with Crippen molar-refractivity contribution in [2.45, 2.75) is 32.4 Å². The summed E-state index contributed by atoms with van der Waals surface area (Å²) in [5, 5.41) is 2.67. The maximum Gasteiger partial charge on any atom is 0.316 e. The van der Waals surface area contributed by atoms with Crippen LogP contribution in [0.25, 0.3) is 0 Å². The first-order chi connectivity index (χ1) is 9.26. The van der Waals surface area contributed by atoms with E-state index in [0.717, 1.165) is 5.56 Å². The van der Waals surface area contributed by atoms with Crippen molar-refractivity contribution in [2.75, 3.05) is 17.7 Å². The summed E-state index contributed by atoms with van der Waals surface area (Å²) < 4.78 is 4.93. The smallest absolute Gasteiger partial charge is 0.316 e. The molecule has 1 rings (SSSR count). The van der Waals surface area contributed by atoms with Crippen molar-refractivity contribution in [1.29, 1.82) is 0 Å². The zero-order valence-corrected chi connectivity index (χ0v) is 13.2. The van der Waals surface area contributed by atoms with Crippen LogP contribution in [0.1, 0.15) is 26.3 Å². The van der Waals surface area contributed by atoms with Gasteiger partial charge < -0.3 is 10.1 Å². The minimum atomic E-state index is -0.371. The standard InChI is InChI=1S/C15H21NO3S/c1-11-5-7-12(8-6-11)16-13(17)9-19-14(18)10-20-15(2,3)4/h5-8H,9-10H2,1-4H3,(H,16,17). The molecule has 1 aromatic rings. The average molecular weight is 295 g/mol. The Morgan fingerprint density at radius 2 is 1.80 bits per heavy atom. The number of aryl methyl sites for hydroxylation is 1. The number of esters is 1. The summed E-state index contributed by atoms with van der Waals surface area (Å²) in [6.45, 7) is 7.79. The van der Waals surface area contributed by atoms with Crippen molar-refractivity contribution >= 4 is 29.3 Å². The van der Waals surface area contributed by atoms with Crippen molar-refractivity contribution < 1.29 is 14.3 Å². The summed E-state index contributed by atoms with van der Waals surface area (Å²) >= 11 is 1.49. The molecule has 0 heterocycles. The van der Waals surface area contributed by atoms with E-state index in [9.17, 15) is 9.59 Å². The lowest BCUT2D eigenvalue weighted by Gasteiger charge is -2.16. The van der Waals surface area contributed by atoms with Crippen LogP contribution in [0.15, 0.2) is 24.3 Å². The van der Waals surface area contributed by atoms with Gasteiger partial charge in [0.2, 0.25) is 0 Å². The van der Waals surface area contributed by atoms with Gasteiger partial charge in [-0.05, 0) is 19.1 Å². The molecule has 0 fully saturated rings. The molecule has 20 heavy (non-hydrogen) atoms. The highest BCUT2D eigenvalue weighted by Gasteiger charge is 2.15. The van der Waals surface area contributed by atoms with Crippen LogP contribution in [0.3, 0.4) is 0 Å². The van der Waals surface area contributed by atoms with Gasteiger partial charge in [-0.15, -0.1) is 11.8 Å². The molecule has 0 aliphatic rings. The highest BCUT2D eigenvalue weighted by molar-refractivity contribution is 8.01.